The van der Waals surface area contributed by atoms with E-state index in [2.05, 4.69) is 19.1 Å². The predicted octanol–water partition coefficient (Wildman–Crippen LogP) is 4.00. The van der Waals surface area contributed by atoms with Gasteiger partial charge in [0, 0.05) is 18.4 Å². The van der Waals surface area contributed by atoms with Crippen LogP contribution in [0.1, 0.15) is 40.4 Å². The van der Waals surface area contributed by atoms with Gasteiger partial charge in [-0.05, 0) is 35.6 Å². The molecule has 1 aliphatic heterocycles. The van der Waals surface area contributed by atoms with Gasteiger partial charge < -0.3 is 4.74 Å². The van der Waals surface area contributed by atoms with Gasteiger partial charge in [-0.1, -0.05) is 43.3 Å². The maximum absolute atomic E-state index is 12.2. The minimum atomic E-state index is 0.217. The third kappa shape index (κ3) is 3.15. The van der Waals surface area contributed by atoms with Crippen LogP contribution in [0.5, 0.6) is 5.75 Å². The molecular weight excluding hydrogens is 260 g/mol. The van der Waals surface area contributed by atoms with Crippen LogP contribution in [0.25, 0.3) is 0 Å². The topological polar surface area (TPSA) is 26.3 Å². The molecule has 0 aliphatic carbocycles. The van der Waals surface area contributed by atoms with Crippen LogP contribution >= 0.6 is 0 Å². The number of hydrogen-bond acceptors (Lipinski definition) is 2. The van der Waals surface area contributed by atoms with Crippen molar-refractivity contribution in [2.24, 2.45) is 0 Å². The van der Waals surface area contributed by atoms with Crippen molar-refractivity contribution in [1.29, 1.82) is 0 Å². The molecule has 0 fully saturated rings. The third-order valence-corrected chi connectivity index (χ3v) is 4.08. The number of Topliss-reactive ketones (excluding diaryl/α,β-unsaturated/α-hetero) is 1. The standard InChI is InChI=1S/C19H20O2/c1-2-14-3-7-16(8-4-14)18(20)9-5-15-6-10-19-17(13-15)11-12-21-19/h3-4,6-8,10,13H,2,5,9,11-12H2,1H3. The molecule has 0 saturated carbocycles. The lowest BCUT2D eigenvalue weighted by atomic mass is 10.00. The molecule has 108 valence electrons. The molecule has 0 spiro atoms. The molecule has 0 amide bonds. The molecule has 0 atom stereocenters. The molecule has 0 N–H and O–H groups in total. The Hall–Kier alpha value is -2.09. The molecule has 0 radical (unpaired) electrons. The first-order chi connectivity index (χ1) is 10.3. The summed E-state index contributed by atoms with van der Waals surface area (Å²) in [5.74, 6) is 1.22. The molecule has 0 bridgehead atoms. The van der Waals surface area contributed by atoms with Crippen LogP contribution < -0.4 is 4.74 Å². The van der Waals surface area contributed by atoms with E-state index in [1.165, 1.54) is 16.7 Å². The van der Waals surface area contributed by atoms with Crippen LogP contribution in [0, 0.1) is 0 Å². The van der Waals surface area contributed by atoms with Crippen LogP contribution in [0.2, 0.25) is 0 Å². The van der Waals surface area contributed by atoms with Crippen LogP contribution in [0.3, 0.4) is 0 Å². The van der Waals surface area contributed by atoms with E-state index in [9.17, 15) is 4.79 Å². The predicted molar refractivity (Wildman–Crippen MR) is 84.1 cm³/mol. The normalized spacial score (nSPS) is 12.8. The van der Waals surface area contributed by atoms with Crippen molar-refractivity contribution in [3.05, 3.63) is 64.7 Å². The van der Waals surface area contributed by atoms with Gasteiger partial charge >= 0.3 is 0 Å². The zero-order valence-electron chi connectivity index (χ0n) is 12.4. The fraction of sp³-hybridized carbons (Fsp3) is 0.316. The molecular formula is C19H20O2. The first kappa shape index (κ1) is 13.9. The van der Waals surface area contributed by atoms with E-state index in [-0.39, 0.29) is 5.78 Å². The Morgan fingerprint density at radius 1 is 1.10 bits per heavy atom. The van der Waals surface area contributed by atoms with E-state index in [1.54, 1.807) is 0 Å². The Morgan fingerprint density at radius 3 is 2.62 bits per heavy atom. The minimum Gasteiger partial charge on any atom is -0.493 e. The van der Waals surface area contributed by atoms with E-state index in [0.717, 1.165) is 37.2 Å². The summed E-state index contributed by atoms with van der Waals surface area (Å²) in [6.45, 7) is 2.90. The van der Waals surface area contributed by atoms with Crippen molar-refractivity contribution >= 4 is 5.78 Å². The zero-order chi connectivity index (χ0) is 14.7. The van der Waals surface area contributed by atoms with Gasteiger partial charge in [0.15, 0.2) is 5.78 Å². The maximum Gasteiger partial charge on any atom is 0.163 e. The summed E-state index contributed by atoms with van der Waals surface area (Å²) in [6.07, 6.45) is 3.34. The number of carbonyl (C=O) groups is 1. The van der Waals surface area contributed by atoms with Crippen LogP contribution in [0.15, 0.2) is 42.5 Å². The molecule has 0 saturated heterocycles. The van der Waals surface area contributed by atoms with Gasteiger partial charge in [-0.3, -0.25) is 4.79 Å². The summed E-state index contributed by atoms with van der Waals surface area (Å²) in [6, 6.07) is 14.2. The highest BCUT2D eigenvalue weighted by Crippen LogP contribution is 2.26. The molecule has 1 aliphatic rings. The van der Waals surface area contributed by atoms with Crippen LogP contribution in [-0.4, -0.2) is 12.4 Å². The summed E-state index contributed by atoms with van der Waals surface area (Å²) in [7, 11) is 0. The smallest absolute Gasteiger partial charge is 0.163 e. The molecule has 1 heterocycles. The van der Waals surface area contributed by atoms with Gasteiger partial charge in [-0.25, -0.2) is 0 Å². The first-order valence-corrected chi connectivity index (χ1v) is 7.63. The van der Waals surface area contributed by atoms with E-state index in [4.69, 9.17) is 4.74 Å². The summed E-state index contributed by atoms with van der Waals surface area (Å²) in [5, 5.41) is 0. The van der Waals surface area contributed by atoms with Crippen LogP contribution in [-0.2, 0) is 19.3 Å². The van der Waals surface area contributed by atoms with Gasteiger partial charge in [0.1, 0.15) is 5.75 Å². The first-order valence-electron chi connectivity index (χ1n) is 7.63. The van der Waals surface area contributed by atoms with Crippen LogP contribution in [0.4, 0.5) is 0 Å². The maximum atomic E-state index is 12.2. The van der Waals surface area contributed by atoms with Gasteiger partial charge in [-0.15, -0.1) is 0 Å². The van der Waals surface area contributed by atoms with Gasteiger partial charge in [0.05, 0.1) is 6.61 Å². The lowest BCUT2D eigenvalue weighted by Gasteiger charge is -2.05. The van der Waals surface area contributed by atoms with Crippen molar-refractivity contribution in [3.63, 3.8) is 0 Å². The van der Waals surface area contributed by atoms with Crippen molar-refractivity contribution in [2.75, 3.05) is 6.61 Å². The Labute approximate surface area is 125 Å². The second-order valence-electron chi connectivity index (χ2n) is 5.51. The summed E-state index contributed by atoms with van der Waals surface area (Å²) in [5.41, 5.74) is 4.58. The molecule has 2 nitrogen and oxygen atoms in total. The highest BCUT2D eigenvalue weighted by atomic mass is 16.5. The quantitative estimate of drug-likeness (QED) is 0.774. The van der Waals surface area contributed by atoms with Crippen molar-refractivity contribution in [3.8, 4) is 5.75 Å². The summed E-state index contributed by atoms with van der Waals surface area (Å²) < 4.78 is 5.50. The molecule has 2 heteroatoms. The van der Waals surface area contributed by atoms with Crippen molar-refractivity contribution in [1.82, 2.24) is 0 Å². The average Bonchev–Trinajstić information content (AvgIpc) is 3.00. The number of carbonyl (C=O) groups excluding carboxylic acids is 1. The highest BCUT2D eigenvalue weighted by molar-refractivity contribution is 5.96. The Morgan fingerprint density at radius 2 is 1.86 bits per heavy atom. The monoisotopic (exact) mass is 280 g/mol. The number of rotatable bonds is 5. The highest BCUT2D eigenvalue weighted by Gasteiger charge is 2.13. The minimum absolute atomic E-state index is 0.217. The van der Waals surface area contributed by atoms with Gasteiger partial charge in [0.2, 0.25) is 0 Å². The van der Waals surface area contributed by atoms with Crippen molar-refractivity contribution in [2.45, 2.75) is 32.6 Å². The van der Waals surface area contributed by atoms with Gasteiger partial charge in [-0.2, -0.15) is 0 Å². The lowest BCUT2D eigenvalue weighted by molar-refractivity contribution is 0.0983. The number of hydrogen-bond donors (Lipinski definition) is 0. The number of aryl methyl sites for hydroxylation is 2. The third-order valence-electron chi connectivity index (χ3n) is 4.08. The summed E-state index contributed by atoms with van der Waals surface area (Å²) >= 11 is 0. The SMILES string of the molecule is CCc1ccc(C(=O)CCc2ccc3c(c2)CCO3)cc1. The van der Waals surface area contributed by atoms with E-state index in [0.29, 0.717) is 6.42 Å². The van der Waals surface area contributed by atoms with E-state index >= 15 is 0 Å². The Kier molecular flexibility index (Phi) is 4.05. The second-order valence-corrected chi connectivity index (χ2v) is 5.51. The fourth-order valence-electron chi connectivity index (χ4n) is 2.72. The zero-order valence-corrected chi connectivity index (χ0v) is 12.4. The van der Waals surface area contributed by atoms with Crippen molar-refractivity contribution < 1.29 is 9.53 Å². The summed E-state index contributed by atoms with van der Waals surface area (Å²) in [4.78, 5) is 12.2. The number of ether oxygens (including phenoxy) is 1. The fourth-order valence-corrected chi connectivity index (χ4v) is 2.72. The van der Waals surface area contributed by atoms with E-state index < -0.39 is 0 Å². The molecule has 21 heavy (non-hydrogen) atoms. The Balaban J connectivity index is 1.62. The van der Waals surface area contributed by atoms with Gasteiger partial charge in [0.25, 0.3) is 0 Å². The lowest BCUT2D eigenvalue weighted by Crippen LogP contribution is -2.01. The molecule has 2 aromatic carbocycles. The number of fused-ring (bicyclic) bond motifs is 1. The molecule has 2 aromatic rings. The molecule has 0 unspecified atom stereocenters. The average molecular weight is 280 g/mol. The largest absolute Gasteiger partial charge is 0.493 e. The molecule has 0 aromatic heterocycles. The second kappa shape index (κ2) is 6.13. The van der Waals surface area contributed by atoms with E-state index in [1.807, 2.05) is 30.3 Å². The number of ketones is 1. The molecule has 3 rings (SSSR count). The Bertz CT molecular complexity index is 641. The number of benzene rings is 2.